The number of guanidine groups is 1. The van der Waals surface area contributed by atoms with Gasteiger partial charge in [-0.1, -0.05) is 17.7 Å². The molecule has 0 unspecified atom stereocenters. The van der Waals surface area contributed by atoms with E-state index >= 15 is 0 Å². The summed E-state index contributed by atoms with van der Waals surface area (Å²) in [7, 11) is 0. The molecule has 0 aromatic heterocycles. The Morgan fingerprint density at radius 1 is 1.23 bits per heavy atom. The molecule has 1 heterocycles. The average molecular weight is 419 g/mol. The lowest BCUT2D eigenvalue weighted by molar-refractivity contribution is 0.0674. The Morgan fingerprint density at radius 2 is 1.91 bits per heavy atom. The fraction of sp³-hybridized carbons (Fsp3) is 0.562. The summed E-state index contributed by atoms with van der Waals surface area (Å²) < 4.78 is 11.0. The van der Waals surface area contributed by atoms with Gasteiger partial charge in [0.2, 0.25) is 0 Å². The van der Waals surface area contributed by atoms with Crippen LogP contribution >= 0.6 is 24.0 Å². The van der Waals surface area contributed by atoms with Crippen molar-refractivity contribution >= 4 is 29.9 Å². The van der Waals surface area contributed by atoms with Gasteiger partial charge in [-0.05, 0) is 31.9 Å². The third kappa shape index (κ3) is 6.83. The maximum Gasteiger partial charge on any atom is 0.191 e. The van der Waals surface area contributed by atoms with Gasteiger partial charge in [0.15, 0.2) is 5.96 Å². The van der Waals surface area contributed by atoms with Gasteiger partial charge < -0.3 is 20.1 Å². The lowest BCUT2D eigenvalue weighted by atomic mass is 10.2. The Balaban J connectivity index is 0.00000242. The summed E-state index contributed by atoms with van der Waals surface area (Å²) in [5.74, 6) is 1.56. The Bertz CT molecular complexity index is 445. The predicted octanol–water partition coefficient (Wildman–Crippen LogP) is 2.42. The molecule has 124 valence electrons. The lowest BCUT2D eigenvalue weighted by Gasteiger charge is -2.27. The van der Waals surface area contributed by atoms with Crippen molar-refractivity contribution in [1.29, 1.82) is 0 Å². The summed E-state index contributed by atoms with van der Waals surface area (Å²) in [5, 5.41) is 0. The fourth-order valence-corrected chi connectivity index (χ4v) is 2.12. The van der Waals surface area contributed by atoms with Crippen LogP contribution in [0.25, 0.3) is 0 Å². The van der Waals surface area contributed by atoms with Crippen LogP contribution in [0.1, 0.15) is 18.4 Å². The molecule has 1 aromatic carbocycles. The summed E-state index contributed by atoms with van der Waals surface area (Å²) in [6.07, 6.45) is 1.96. The molecule has 0 spiro atoms. The van der Waals surface area contributed by atoms with Gasteiger partial charge in [-0.25, -0.2) is 0 Å². The molecule has 22 heavy (non-hydrogen) atoms. The molecular formula is C16H26IN3O2. The van der Waals surface area contributed by atoms with Crippen LogP contribution in [0.4, 0.5) is 0 Å². The number of nitrogens with zero attached hydrogens (tertiary/aromatic N) is 2. The molecule has 1 saturated heterocycles. The van der Waals surface area contributed by atoms with Gasteiger partial charge in [-0.2, -0.15) is 0 Å². The first-order valence-corrected chi connectivity index (χ1v) is 7.58. The number of rotatable bonds is 6. The van der Waals surface area contributed by atoms with Crippen molar-refractivity contribution in [1.82, 2.24) is 4.90 Å². The van der Waals surface area contributed by atoms with E-state index in [1.54, 1.807) is 0 Å². The van der Waals surface area contributed by atoms with Gasteiger partial charge in [-0.3, -0.25) is 4.99 Å². The van der Waals surface area contributed by atoms with E-state index in [-0.39, 0.29) is 24.0 Å². The summed E-state index contributed by atoms with van der Waals surface area (Å²) in [6, 6.07) is 8.12. The molecule has 5 nitrogen and oxygen atoms in total. The van der Waals surface area contributed by atoms with Gasteiger partial charge in [0.05, 0.1) is 19.8 Å². The van der Waals surface area contributed by atoms with Crippen molar-refractivity contribution in [2.45, 2.75) is 19.8 Å². The quantitative estimate of drug-likeness (QED) is 0.333. The second-order valence-electron chi connectivity index (χ2n) is 5.21. The second-order valence-corrected chi connectivity index (χ2v) is 5.21. The van der Waals surface area contributed by atoms with Crippen molar-refractivity contribution in [3.63, 3.8) is 0 Å². The van der Waals surface area contributed by atoms with E-state index in [0.717, 1.165) is 58.0 Å². The zero-order valence-corrected chi connectivity index (χ0v) is 15.5. The molecular weight excluding hydrogens is 393 g/mol. The van der Waals surface area contributed by atoms with Crippen LogP contribution in [0.3, 0.4) is 0 Å². The number of morpholine rings is 1. The molecule has 1 aromatic rings. The van der Waals surface area contributed by atoms with E-state index in [4.69, 9.17) is 15.2 Å². The maximum absolute atomic E-state index is 5.96. The lowest BCUT2D eigenvalue weighted by Crippen LogP contribution is -2.44. The number of hydrogen-bond donors (Lipinski definition) is 1. The summed E-state index contributed by atoms with van der Waals surface area (Å²) in [6.45, 7) is 6.69. The molecule has 2 N–H and O–H groups in total. The highest BCUT2D eigenvalue weighted by atomic mass is 127. The molecule has 1 fully saturated rings. The van der Waals surface area contributed by atoms with Crippen molar-refractivity contribution in [2.24, 2.45) is 10.7 Å². The fourth-order valence-electron chi connectivity index (χ4n) is 2.12. The molecule has 6 heteroatoms. The zero-order chi connectivity index (χ0) is 14.9. The van der Waals surface area contributed by atoms with Crippen LogP contribution in [0.5, 0.6) is 5.75 Å². The van der Waals surface area contributed by atoms with E-state index in [1.165, 1.54) is 5.56 Å². The predicted molar refractivity (Wildman–Crippen MR) is 100 cm³/mol. The van der Waals surface area contributed by atoms with Crippen LogP contribution in [0.2, 0.25) is 0 Å². The molecule has 0 saturated carbocycles. The molecule has 2 rings (SSSR count). The van der Waals surface area contributed by atoms with Crippen molar-refractivity contribution < 1.29 is 9.47 Å². The highest BCUT2D eigenvalue weighted by molar-refractivity contribution is 14.0. The Hall–Kier alpha value is -1.02. The van der Waals surface area contributed by atoms with Crippen molar-refractivity contribution in [3.05, 3.63) is 29.8 Å². The Morgan fingerprint density at radius 3 is 2.59 bits per heavy atom. The monoisotopic (exact) mass is 419 g/mol. The van der Waals surface area contributed by atoms with E-state index in [9.17, 15) is 0 Å². The maximum atomic E-state index is 5.96. The largest absolute Gasteiger partial charge is 0.494 e. The number of benzene rings is 1. The minimum Gasteiger partial charge on any atom is -0.494 e. The first kappa shape index (κ1) is 19.0. The third-order valence-electron chi connectivity index (χ3n) is 3.45. The van der Waals surface area contributed by atoms with Gasteiger partial charge >= 0.3 is 0 Å². The number of aryl methyl sites for hydroxylation is 1. The highest BCUT2D eigenvalue weighted by Gasteiger charge is 2.11. The normalized spacial score (nSPS) is 15.3. The van der Waals surface area contributed by atoms with Crippen LogP contribution in [0, 0.1) is 6.92 Å². The first-order chi connectivity index (χ1) is 10.3. The van der Waals surface area contributed by atoms with Crippen LogP contribution in [0.15, 0.2) is 29.3 Å². The Kier molecular flexibility index (Phi) is 9.22. The topological polar surface area (TPSA) is 60.1 Å². The second kappa shape index (κ2) is 10.7. The SMILES string of the molecule is Cc1ccc(OCCCCN=C(N)N2CCOCC2)cc1.I. The van der Waals surface area contributed by atoms with Crippen LogP contribution in [-0.4, -0.2) is 50.3 Å². The molecule has 1 aliphatic heterocycles. The average Bonchev–Trinajstić information content (AvgIpc) is 2.53. The Labute approximate surface area is 149 Å². The van der Waals surface area contributed by atoms with Gasteiger partial charge in [0.25, 0.3) is 0 Å². The molecule has 0 bridgehead atoms. The number of unbranched alkanes of at least 4 members (excludes halogenated alkanes) is 1. The van der Waals surface area contributed by atoms with E-state index in [0.29, 0.717) is 5.96 Å². The zero-order valence-electron chi connectivity index (χ0n) is 13.2. The van der Waals surface area contributed by atoms with E-state index in [1.807, 2.05) is 12.1 Å². The van der Waals surface area contributed by atoms with Gasteiger partial charge in [-0.15, -0.1) is 24.0 Å². The van der Waals surface area contributed by atoms with Crippen LogP contribution in [-0.2, 0) is 4.74 Å². The van der Waals surface area contributed by atoms with Gasteiger partial charge in [0.1, 0.15) is 5.75 Å². The minimum absolute atomic E-state index is 0. The number of aliphatic imine (C=N–C) groups is 1. The standard InChI is InChI=1S/C16H25N3O2.HI/c1-14-4-6-15(7-5-14)21-11-3-2-8-18-16(17)19-9-12-20-13-10-19;/h4-7H,2-3,8-13H2,1H3,(H2,17,18);1H. The molecule has 0 radical (unpaired) electrons. The van der Waals surface area contributed by atoms with Crippen molar-refractivity contribution in [3.8, 4) is 5.75 Å². The molecule has 0 atom stereocenters. The molecule has 1 aliphatic rings. The van der Waals surface area contributed by atoms with E-state index < -0.39 is 0 Å². The number of halogens is 1. The van der Waals surface area contributed by atoms with Crippen molar-refractivity contribution in [2.75, 3.05) is 39.5 Å². The number of nitrogens with two attached hydrogens (primary N) is 1. The first-order valence-electron chi connectivity index (χ1n) is 7.58. The van der Waals surface area contributed by atoms with Crippen LogP contribution < -0.4 is 10.5 Å². The summed E-state index contributed by atoms with van der Waals surface area (Å²) in [4.78, 5) is 6.49. The number of hydrogen-bond acceptors (Lipinski definition) is 3. The smallest absolute Gasteiger partial charge is 0.191 e. The minimum atomic E-state index is 0. The van der Waals surface area contributed by atoms with E-state index in [2.05, 4.69) is 28.9 Å². The number of ether oxygens (including phenoxy) is 2. The highest BCUT2D eigenvalue weighted by Crippen LogP contribution is 2.11. The third-order valence-corrected chi connectivity index (χ3v) is 3.45. The summed E-state index contributed by atoms with van der Waals surface area (Å²) >= 11 is 0. The van der Waals surface area contributed by atoms with Gasteiger partial charge in [0, 0.05) is 19.6 Å². The summed E-state index contributed by atoms with van der Waals surface area (Å²) in [5.41, 5.74) is 7.20. The molecule has 0 aliphatic carbocycles. The molecule has 0 amide bonds.